The van der Waals surface area contributed by atoms with Crippen LogP contribution in [0.15, 0.2) is 28.6 Å². The van der Waals surface area contributed by atoms with Crippen LogP contribution >= 0.6 is 0 Å². The Hall–Kier alpha value is -2.50. The molecule has 3 aliphatic rings. The first-order valence-electron chi connectivity index (χ1n) is 8.67. The fourth-order valence-electron chi connectivity index (χ4n) is 4.39. The van der Waals surface area contributed by atoms with E-state index in [9.17, 15) is 10.0 Å². The van der Waals surface area contributed by atoms with E-state index >= 15 is 0 Å². The summed E-state index contributed by atoms with van der Waals surface area (Å²) >= 11 is 0. The van der Waals surface area contributed by atoms with Crippen LogP contribution in [0.25, 0.3) is 0 Å². The van der Waals surface area contributed by atoms with Gasteiger partial charge < -0.3 is 19.6 Å². The van der Waals surface area contributed by atoms with E-state index in [-0.39, 0.29) is 11.8 Å². The number of fused-ring (bicyclic) bond motifs is 4. The molecule has 0 fully saturated rings. The molecule has 0 unspecified atom stereocenters. The fraction of sp³-hybridized carbons (Fsp3) is 0.474. The number of benzene rings is 1. The number of carbonyl (C=O) groups is 1. The number of oxime groups is 1. The zero-order valence-corrected chi connectivity index (χ0v) is 14.5. The minimum atomic E-state index is 0.0686. The van der Waals surface area contributed by atoms with Crippen LogP contribution in [0, 0.1) is 0 Å². The van der Waals surface area contributed by atoms with Gasteiger partial charge in [0.05, 0.1) is 31.5 Å². The van der Waals surface area contributed by atoms with Gasteiger partial charge >= 0.3 is 0 Å². The van der Waals surface area contributed by atoms with Gasteiger partial charge in [0.2, 0.25) is 0 Å². The highest BCUT2D eigenvalue weighted by Crippen LogP contribution is 2.46. The van der Waals surface area contributed by atoms with Crippen LogP contribution in [-0.4, -0.2) is 42.4 Å². The van der Waals surface area contributed by atoms with Crippen LogP contribution in [0.5, 0.6) is 11.5 Å². The second kappa shape index (κ2) is 6.10. The Morgan fingerprint density at radius 2 is 1.92 bits per heavy atom. The molecule has 1 aromatic rings. The molecule has 132 valence electrons. The number of methoxy groups -OCH3 is 2. The third-order valence-corrected chi connectivity index (χ3v) is 5.53. The molecule has 1 aliphatic carbocycles. The number of ether oxygens (including phenoxy) is 2. The minimum absolute atomic E-state index is 0.0686. The van der Waals surface area contributed by atoms with E-state index in [2.05, 4.69) is 10.1 Å². The number of hydrogen-bond donors (Lipinski definition) is 1. The molecule has 0 radical (unpaired) electrons. The van der Waals surface area contributed by atoms with E-state index in [4.69, 9.17) is 9.47 Å². The standard InChI is InChI=1S/C19H22N2O4/c1-24-17-8-11-6-7-21-14-4-3-5-16(22)19(14)13(20-23)10-15(21)12(11)9-18(17)25-2/h8-9,15,23H,3-7,10H2,1-2H3/b20-13-/t15-/m0/s1. The first kappa shape index (κ1) is 16.0. The highest BCUT2D eigenvalue weighted by Gasteiger charge is 2.40. The van der Waals surface area contributed by atoms with Crippen molar-refractivity contribution in [3.05, 3.63) is 34.5 Å². The van der Waals surface area contributed by atoms with Crippen molar-refractivity contribution >= 4 is 11.5 Å². The number of carbonyl (C=O) groups excluding carboxylic acids is 1. The van der Waals surface area contributed by atoms with E-state index in [1.54, 1.807) is 14.2 Å². The number of rotatable bonds is 2. The van der Waals surface area contributed by atoms with Crippen LogP contribution in [0.2, 0.25) is 0 Å². The van der Waals surface area contributed by atoms with Gasteiger partial charge in [0.15, 0.2) is 17.3 Å². The van der Waals surface area contributed by atoms with E-state index in [0.717, 1.165) is 42.8 Å². The van der Waals surface area contributed by atoms with E-state index in [1.807, 2.05) is 12.1 Å². The van der Waals surface area contributed by atoms with Crippen molar-refractivity contribution in [3.8, 4) is 11.5 Å². The molecule has 0 bridgehead atoms. The lowest BCUT2D eigenvalue weighted by Crippen LogP contribution is -2.43. The highest BCUT2D eigenvalue weighted by molar-refractivity contribution is 6.23. The zero-order chi connectivity index (χ0) is 17.6. The van der Waals surface area contributed by atoms with E-state index < -0.39 is 0 Å². The lowest BCUT2D eigenvalue weighted by atomic mass is 9.79. The molecule has 25 heavy (non-hydrogen) atoms. The Morgan fingerprint density at radius 1 is 1.16 bits per heavy atom. The van der Waals surface area contributed by atoms with E-state index in [1.165, 1.54) is 5.56 Å². The largest absolute Gasteiger partial charge is 0.493 e. The lowest BCUT2D eigenvalue weighted by molar-refractivity contribution is -0.115. The van der Waals surface area contributed by atoms with Gasteiger partial charge in [-0.2, -0.15) is 0 Å². The number of hydrogen-bond acceptors (Lipinski definition) is 6. The summed E-state index contributed by atoms with van der Waals surface area (Å²) in [5.41, 5.74) is 4.59. The molecular formula is C19H22N2O4. The fourth-order valence-corrected chi connectivity index (χ4v) is 4.39. The van der Waals surface area contributed by atoms with Gasteiger partial charge in [-0.3, -0.25) is 4.79 Å². The van der Waals surface area contributed by atoms with Gasteiger partial charge in [-0.1, -0.05) is 5.16 Å². The van der Waals surface area contributed by atoms with E-state index in [0.29, 0.717) is 29.9 Å². The van der Waals surface area contributed by atoms with Crippen molar-refractivity contribution in [1.82, 2.24) is 4.90 Å². The molecule has 0 saturated heterocycles. The number of Topliss-reactive ketones (excluding diaryl/α,β-unsaturated/α-hetero) is 1. The summed E-state index contributed by atoms with van der Waals surface area (Å²) in [4.78, 5) is 14.7. The number of ketones is 1. The molecule has 6 heteroatoms. The van der Waals surface area contributed by atoms with Crippen molar-refractivity contribution in [1.29, 1.82) is 0 Å². The van der Waals surface area contributed by atoms with Gasteiger partial charge in [0.25, 0.3) is 0 Å². The Kier molecular flexibility index (Phi) is 3.90. The zero-order valence-electron chi connectivity index (χ0n) is 14.5. The van der Waals surface area contributed by atoms with Gasteiger partial charge in [-0.25, -0.2) is 0 Å². The van der Waals surface area contributed by atoms with Crippen LogP contribution in [0.1, 0.15) is 42.9 Å². The first-order chi connectivity index (χ1) is 12.2. The average Bonchev–Trinajstić information content (AvgIpc) is 2.65. The Balaban J connectivity index is 1.83. The topological polar surface area (TPSA) is 71.4 Å². The smallest absolute Gasteiger partial charge is 0.166 e. The second-order valence-corrected chi connectivity index (χ2v) is 6.71. The maximum absolute atomic E-state index is 12.4. The van der Waals surface area contributed by atoms with Gasteiger partial charge in [0.1, 0.15) is 0 Å². The molecule has 1 atom stereocenters. The Bertz CT molecular complexity index is 797. The predicted octanol–water partition coefficient (Wildman–Crippen LogP) is 2.84. The van der Waals surface area contributed by atoms with Crippen LogP contribution in [-0.2, 0) is 11.2 Å². The van der Waals surface area contributed by atoms with Crippen molar-refractivity contribution in [3.63, 3.8) is 0 Å². The highest BCUT2D eigenvalue weighted by atomic mass is 16.5. The molecule has 2 heterocycles. The second-order valence-electron chi connectivity index (χ2n) is 6.71. The maximum atomic E-state index is 12.4. The lowest BCUT2D eigenvalue weighted by Gasteiger charge is -2.45. The maximum Gasteiger partial charge on any atom is 0.166 e. The van der Waals surface area contributed by atoms with Gasteiger partial charge in [0, 0.05) is 25.1 Å². The van der Waals surface area contributed by atoms with Crippen LogP contribution in [0.3, 0.4) is 0 Å². The minimum Gasteiger partial charge on any atom is -0.493 e. The Morgan fingerprint density at radius 3 is 2.64 bits per heavy atom. The predicted molar refractivity (Wildman–Crippen MR) is 92.4 cm³/mol. The van der Waals surface area contributed by atoms with Crippen molar-refractivity contribution in [2.75, 3.05) is 20.8 Å². The summed E-state index contributed by atoms with van der Waals surface area (Å²) in [6.07, 6.45) is 3.68. The van der Waals surface area contributed by atoms with Crippen molar-refractivity contribution in [2.24, 2.45) is 5.16 Å². The molecule has 1 N–H and O–H groups in total. The molecule has 0 saturated carbocycles. The first-order valence-corrected chi connectivity index (χ1v) is 8.67. The van der Waals surface area contributed by atoms with Gasteiger partial charge in [-0.15, -0.1) is 0 Å². The molecule has 4 rings (SSSR count). The Labute approximate surface area is 146 Å². The molecule has 0 spiro atoms. The number of allylic oxidation sites excluding steroid dienone is 2. The molecule has 2 aliphatic heterocycles. The summed E-state index contributed by atoms with van der Waals surface area (Å²) in [6.45, 7) is 0.859. The normalized spacial score (nSPS) is 23.9. The quantitative estimate of drug-likeness (QED) is 0.661. The summed E-state index contributed by atoms with van der Waals surface area (Å²) < 4.78 is 10.9. The third kappa shape index (κ3) is 2.39. The summed E-state index contributed by atoms with van der Waals surface area (Å²) in [7, 11) is 3.27. The molecule has 1 aromatic carbocycles. The average molecular weight is 342 g/mol. The van der Waals surface area contributed by atoms with Crippen molar-refractivity contribution in [2.45, 2.75) is 38.1 Å². The number of nitrogens with zero attached hydrogens (tertiary/aromatic N) is 2. The molecule has 0 amide bonds. The SMILES string of the molecule is COc1cc2c(cc1OC)[C@@H]1C/C(=N/O)C3=C(CCCC3=O)N1CC2. The van der Waals surface area contributed by atoms with Crippen LogP contribution in [0.4, 0.5) is 0 Å². The summed E-state index contributed by atoms with van der Waals surface area (Å²) in [5.74, 6) is 1.53. The van der Waals surface area contributed by atoms with Crippen LogP contribution < -0.4 is 9.47 Å². The summed E-state index contributed by atoms with van der Waals surface area (Å²) in [6, 6.07) is 4.13. The van der Waals surface area contributed by atoms with Gasteiger partial charge in [-0.05, 0) is 42.5 Å². The molecule has 0 aromatic heterocycles. The molecular weight excluding hydrogens is 320 g/mol. The van der Waals surface area contributed by atoms with Crippen molar-refractivity contribution < 1.29 is 19.5 Å². The monoisotopic (exact) mass is 342 g/mol. The summed E-state index contributed by atoms with van der Waals surface area (Å²) in [5, 5.41) is 13.0. The molecule has 6 nitrogen and oxygen atoms in total. The third-order valence-electron chi connectivity index (χ3n) is 5.53.